The second-order valence-electron chi connectivity index (χ2n) is 4.78. The van der Waals surface area contributed by atoms with Crippen LogP contribution >= 0.6 is 0 Å². The van der Waals surface area contributed by atoms with Crippen LogP contribution in [0.25, 0.3) is 0 Å². The number of hydrogen-bond acceptors (Lipinski definition) is 3. The Hall–Kier alpha value is -1.13. The molecule has 0 aromatic heterocycles. The Bertz CT molecular complexity index is 377. The lowest BCUT2D eigenvalue weighted by Crippen LogP contribution is -2.53. The van der Waals surface area contributed by atoms with Gasteiger partial charge in [0.1, 0.15) is 5.82 Å². The van der Waals surface area contributed by atoms with Crippen LogP contribution in [-0.2, 0) is 4.74 Å². The van der Waals surface area contributed by atoms with Gasteiger partial charge in [-0.1, -0.05) is 12.1 Å². The molecule has 0 aliphatic carbocycles. The third kappa shape index (κ3) is 2.96. The summed E-state index contributed by atoms with van der Waals surface area (Å²) in [6.45, 7) is 2.04. The lowest BCUT2D eigenvalue weighted by molar-refractivity contribution is 0.0557. The second-order valence-corrected chi connectivity index (χ2v) is 4.78. The minimum Gasteiger partial charge on any atom is -0.381 e. The van der Waals surface area contributed by atoms with Gasteiger partial charge in [0.25, 0.3) is 0 Å². The maximum Gasteiger partial charge on any atom is 0.146 e. The molecule has 1 aromatic rings. The van der Waals surface area contributed by atoms with Crippen molar-refractivity contribution in [3.8, 4) is 0 Å². The van der Waals surface area contributed by atoms with Gasteiger partial charge in [-0.15, -0.1) is 0 Å². The Morgan fingerprint density at radius 2 is 2.00 bits per heavy atom. The molecule has 0 amide bonds. The number of benzene rings is 1. The number of nitrogens with two attached hydrogens (primary N) is 1. The first-order valence-corrected chi connectivity index (χ1v) is 5.93. The lowest BCUT2D eigenvalue weighted by Gasteiger charge is -2.37. The van der Waals surface area contributed by atoms with Crippen molar-refractivity contribution >= 4 is 5.69 Å². The van der Waals surface area contributed by atoms with E-state index < -0.39 is 0 Å². The predicted molar refractivity (Wildman–Crippen MR) is 66.6 cm³/mol. The number of rotatable bonds is 3. The first-order valence-electron chi connectivity index (χ1n) is 5.93. The fourth-order valence-electron chi connectivity index (χ4n) is 2.25. The Balaban J connectivity index is 2.06. The number of anilines is 1. The van der Waals surface area contributed by atoms with Crippen molar-refractivity contribution < 1.29 is 9.13 Å². The van der Waals surface area contributed by atoms with Crippen LogP contribution in [0.3, 0.4) is 0 Å². The van der Waals surface area contributed by atoms with Gasteiger partial charge in [0, 0.05) is 32.3 Å². The molecular formula is C13H19FN2O. The Morgan fingerprint density at radius 3 is 2.65 bits per heavy atom. The van der Waals surface area contributed by atoms with Crippen LogP contribution in [0.5, 0.6) is 0 Å². The van der Waals surface area contributed by atoms with Crippen molar-refractivity contribution in [2.24, 2.45) is 5.73 Å². The van der Waals surface area contributed by atoms with E-state index in [0.29, 0.717) is 25.4 Å². The minimum atomic E-state index is -0.269. The molecule has 1 aliphatic heterocycles. The lowest BCUT2D eigenvalue weighted by atomic mass is 9.90. The van der Waals surface area contributed by atoms with Gasteiger partial charge in [0.2, 0.25) is 0 Å². The van der Waals surface area contributed by atoms with E-state index in [9.17, 15) is 4.39 Å². The molecule has 2 N–H and O–H groups in total. The highest BCUT2D eigenvalue weighted by Gasteiger charge is 2.29. The Morgan fingerprint density at radius 1 is 1.35 bits per heavy atom. The maximum atomic E-state index is 13.6. The van der Waals surface area contributed by atoms with E-state index in [2.05, 4.69) is 0 Å². The average Bonchev–Trinajstić information content (AvgIpc) is 2.29. The van der Waals surface area contributed by atoms with Gasteiger partial charge in [-0.05, 0) is 25.0 Å². The van der Waals surface area contributed by atoms with Crippen LogP contribution in [-0.4, -0.2) is 32.3 Å². The third-order valence-electron chi connectivity index (χ3n) is 3.30. The van der Waals surface area contributed by atoms with Crippen molar-refractivity contribution in [3.05, 3.63) is 30.1 Å². The van der Waals surface area contributed by atoms with Crippen LogP contribution in [0, 0.1) is 5.82 Å². The SMILES string of the molecule is CN(CC1(N)CCOCC1)c1ccccc1F. The second kappa shape index (κ2) is 5.02. The van der Waals surface area contributed by atoms with Gasteiger partial charge >= 0.3 is 0 Å². The molecule has 0 spiro atoms. The zero-order chi connectivity index (χ0) is 12.3. The summed E-state index contributed by atoms with van der Waals surface area (Å²) in [5.41, 5.74) is 6.64. The summed E-state index contributed by atoms with van der Waals surface area (Å²) in [6, 6.07) is 6.78. The van der Waals surface area contributed by atoms with Crippen molar-refractivity contribution in [1.82, 2.24) is 0 Å². The highest BCUT2D eigenvalue weighted by Crippen LogP contribution is 2.23. The molecule has 0 radical (unpaired) electrons. The highest BCUT2D eigenvalue weighted by atomic mass is 19.1. The van der Waals surface area contributed by atoms with Gasteiger partial charge < -0.3 is 15.4 Å². The smallest absolute Gasteiger partial charge is 0.146 e. The normalized spacial score (nSPS) is 19.0. The summed E-state index contributed by atoms with van der Waals surface area (Å²) in [6.07, 6.45) is 1.65. The molecule has 1 heterocycles. The molecule has 3 nitrogen and oxygen atoms in total. The van der Waals surface area contributed by atoms with E-state index in [1.165, 1.54) is 6.07 Å². The standard InChI is InChI=1S/C13H19FN2O/c1-16(12-5-3-2-4-11(12)14)10-13(15)6-8-17-9-7-13/h2-5H,6-10,15H2,1H3. The van der Waals surface area contributed by atoms with Crippen LogP contribution in [0.15, 0.2) is 24.3 Å². The fraction of sp³-hybridized carbons (Fsp3) is 0.538. The van der Waals surface area contributed by atoms with E-state index in [4.69, 9.17) is 10.5 Å². The third-order valence-corrected chi connectivity index (χ3v) is 3.30. The van der Waals surface area contributed by atoms with Crippen molar-refractivity contribution in [3.63, 3.8) is 0 Å². The molecule has 1 aromatic carbocycles. The Labute approximate surface area is 101 Å². The Kier molecular flexibility index (Phi) is 3.64. The summed E-state index contributed by atoms with van der Waals surface area (Å²) in [5, 5.41) is 0. The van der Waals surface area contributed by atoms with Crippen LogP contribution in [0.2, 0.25) is 0 Å². The first kappa shape index (κ1) is 12.3. The summed E-state index contributed by atoms with van der Waals surface area (Å²) in [5.74, 6) is -0.203. The summed E-state index contributed by atoms with van der Waals surface area (Å²) >= 11 is 0. The van der Waals surface area contributed by atoms with Crippen molar-refractivity contribution in [1.29, 1.82) is 0 Å². The summed E-state index contributed by atoms with van der Waals surface area (Å²) < 4.78 is 18.9. The molecule has 17 heavy (non-hydrogen) atoms. The summed E-state index contributed by atoms with van der Waals surface area (Å²) in [4.78, 5) is 1.89. The van der Waals surface area contributed by atoms with Crippen molar-refractivity contribution in [2.75, 3.05) is 31.7 Å². The van der Waals surface area contributed by atoms with Crippen molar-refractivity contribution in [2.45, 2.75) is 18.4 Å². The molecule has 2 rings (SSSR count). The maximum absolute atomic E-state index is 13.6. The molecule has 0 bridgehead atoms. The molecule has 0 saturated carbocycles. The van der Waals surface area contributed by atoms with Gasteiger partial charge in [-0.3, -0.25) is 0 Å². The van der Waals surface area contributed by atoms with Crippen LogP contribution < -0.4 is 10.6 Å². The molecule has 1 saturated heterocycles. The fourth-order valence-corrected chi connectivity index (χ4v) is 2.25. The van der Waals surface area contributed by atoms with E-state index in [0.717, 1.165) is 12.8 Å². The monoisotopic (exact) mass is 238 g/mol. The molecule has 1 fully saturated rings. The molecule has 0 unspecified atom stereocenters. The average molecular weight is 238 g/mol. The zero-order valence-electron chi connectivity index (χ0n) is 10.2. The topological polar surface area (TPSA) is 38.5 Å². The van der Waals surface area contributed by atoms with E-state index >= 15 is 0 Å². The van der Waals surface area contributed by atoms with Gasteiger partial charge in [-0.2, -0.15) is 0 Å². The number of ether oxygens (including phenoxy) is 1. The van der Waals surface area contributed by atoms with Gasteiger partial charge in [-0.25, -0.2) is 4.39 Å². The first-order chi connectivity index (χ1) is 8.11. The zero-order valence-corrected chi connectivity index (χ0v) is 10.2. The molecule has 94 valence electrons. The number of nitrogens with zero attached hydrogens (tertiary/aromatic N) is 1. The predicted octanol–water partition coefficient (Wildman–Crippen LogP) is 1.77. The number of likely N-dealkylation sites (N-methyl/N-ethyl adjacent to an activating group) is 1. The molecule has 1 aliphatic rings. The van der Waals surface area contributed by atoms with Crippen LogP contribution in [0.4, 0.5) is 10.1 Å². The minimum absolute atomic E-state index is 0.203. The number of halogens is 1. The highest BCUT2D eigenvalue weighted by molar-refractivity contribution is 5.47. The largest absolute Gasteiger partial charge is 0.381 e. The van der Waals surface area contributed by atoms with Gasteiger partial charge in [0.15, 0.2) is 0 Å². The van der Waals surface area contributed by atoms with E-state index in [1.54, 1.807) is 12.1 Å². The number of hydrogen-bond donors (Lipinski definition) is 1. The van der Waals surface area contributed by atoms with E-state index in [-0.39, 0.29) is 11.4 Å². The van der Waals surface area contributed by atoms with Crippen LogP contribution in [0.1, 0.15) is 12.8 Å². The van der Waals surface area contributed by atoms with E-state index in [1.807, 2.05) is 18.0 Å². The van der Waals surface area contributed by atoms with Gasteiger partial charge in [0.05, 0.1) is 5.69 Å². The molecule has 4 heteroatoms. The molecular weight excluding hydrogens is 219 g/mol. The number of para-hydroxylation sites is 1. The quantitative estimate of drug-likeness (QED) is 0.872. The summed E-state index contributed by atoms with van der Waals surface area (Å²) in [7, 11) is 1.88. The molecule has 0 atom stereocenters.